The summed E-state index contributed by atoms with van der Waals surface area (Å²) in [4.78, 5) is 14.3. The molecule has 1 amide bonds. The molecule has 1 N–H and O–H groups in total. The van der Waals surface area contributed by atoms with E-state index in [1.54, 1.807) is 0 Å². The Balaban J connectivity index is 1.90. The fourth-order valence-corrected chi connectivity index (χ4v) is 6.92. The SMILES string of the molecule is COc1ccc(N2C(=O)C(C)CS2(=O)=O)cc1S(=O)(=O)NCC(C)(C)N1CCOCC1. The van der Waals surface area contributed by atoms with E-state index < -0.39 is 37.4 Å². The van der Waals surface area contributed by atoms with E-state index in [0.717, 1.165) is 6.07 Å². The van der Waals surface area contributed by atoms with Crippen LogP contribution in [0.5, 0.6) is 5.75 Å². The van der Waals surface area contributed by atoms with Gasteiger partial charge in [0.2, 0.25) is 26.0 Å². The van der Waals surface area contributed by atoms with Gasteiger partial charge in [0.1, 0.15) is 10.6 Å². The number of rotatable bonds is 7. The standard InChI is InChI=1S/C19H29N3O7S2/c1-14-12-30(24,25)22(18(14)23)15-5-6-16(28-4)17(11-15)31(26,27)20-13-19(2,3)21-7-9-29-10-8-21/h5-6,11,14,20H,7-10,12-13H2,1-4H3. The predicted molar refractivity (Wildman–Crippen MR) is 115 cm³/mol. The van der Waals surface area contributed by atoms with Gasteiger partial charge in [0, 0.05) is 25.2 Å². The molecule has 0 aliphatic carbocycles. The molecular formula is C19H29N3O7S2. The van der Waals surface area contributed by atoms with Gasteiger partial charge >= 0.3 is 0 Å². The molecule has 2 saturated heterocycles. The lowest BCUT2D eigenvalue weighted by atomic mass is 10.0. The highest BCUT2D eigenvalue weighted by Crippen LogP contribution is 2.34. The first-order valence-electron chi connectivity index (χ1n) is 9.96. The number of hydrogen-bond donors (Lipinski definition) is 1. The number of carbonyl (C=O) groups is 1. The van der Waals surface area contributed by atoms with Gasteiger partial charge in [0.05, 0.1) is 37.7 Å². The largest absolute Gasteiger partial charge is 0.495 e. The Kier molecular flexibility index (Phi) is 6.68. The van der Waals surface area contributed by atoms with Gasteiger partial charge in [-0.1, -0.05) is 6.92 Å². The molecule has 3 rings (SSSR count). The maximum atomic E-state index is 13.1. The summed E-state index contributed by atoms with van der Waals surface area (Å²) in [5.74, 6) is -1.54. The summed E-state index contributed by atoms with van der Waals surface area (Å²) >= 11 is 0. The Hall–Kier alpha value is -1.73. The van der Waals surface area contributed by atoms with Crippen LogP contribution in [0, 0.1) is 5.92 Å². The van der Waals surface area contributed by atoms with Crippen molar-refractivity contribution in [3.8, 4) is 5.75 Å². The second kappa shape index (κ2) is 8.66. The van der Waals surface area contributed by atoms with E-state index in [9.17, 15) is 21.6 Å². The zero-order valence-corrected chi connectivity index (χ0v) is 19.8. The van der Waals surface area contributed by atoms with Crippen molar-refractivity contribution in [1.29, 1.82) is 0 Å². The molecule has 1 atom stereocenters. The lowest BCUT2D eigenvalue weighted by Gasteiger charge is -2.40. The third-order valence-corrected chi connectivity index (χ3v) is 8.88. The van der Waals surface area contributed by atoms with Crippen LogP contribution >= 0.6 is 0 Å². The highest BCUT2D eigenvalue weighted by atomic mass is 32.2. The van der Waals surface area contributed by atoms with Gasteiger partial charge < -0.3 is 9.47 Å². The van der Waals surface area contributed by atoms with E-state index >= 15 is 0 Å². The summed E-state index contributed by atoms with van der Waals surface area (Å²) in [5, 5.41) is 0. The van der Waals surface area contributed by atoms with Crippen LogP contribution in [-0.2, 0) is 29.6 Å². The van der Waals surface area contributed by atoms with E-state index in [4.69, 9.17) is 9.47 Å². The lowest BCUT2D eigenvalue weighted by molar-refractivity contribution is -0.119. The molecule has 174 valence electrons. The molecule has 31 heavy (non-hydrogen) atoms. The molecule has 1 unspecified atom stereocenters. The summed E-state index contributed by atoms with van der Waals surface area (Å²) < 4.78 is 64.9. The Morgan fingerprint density at radius 1 is 1.26 bits per heavy atom. The van der Waals surface area contributed by atoms with Crippen LogP contribution in [0.1, 0.15) is 20.8 Å². The minimum atomic E-state index is -4.06. The van der Waals surface area contributed by atoms with Crippen molar-refractivity contribution >= 4 is 31.6 Å². The fraction of sp³-hybridized carbons (Fsp3) is 0.632. The molecule has 2 aliphatic heterocycles. The zero-order valence-electron chi connectivity index (χ0n) is 18.1. The predicted octanol–water partition coefficient (Wildman–Crippen LogP) is 0.397. The van der Waals surface area contributed by atoms with Crippen molar-refractivity contribution in [2.24, 2.45) is 5.92 Å². The highest BCUT2D eigenvalue weighted by molar-refractivity contribution is 7.94. The van der Waals surface area contributed by atoms with E-state index in [2.05, 4.69) is 9.62 Å². The molecule has 0 saturated carbocycles. The Bertz CT molecular complexity index is 1050. The minimum absolute atomic E-state index is 0.0250. The monoisotopic (exact) mass is 475 g/mol. The first-order chi connectivity index (χ1) is 14.4. The van der Waals surface area contributed by atoms with Crippen molar-refractivity contribution in [2.75, 3.05) is 50.0 Å². The molecule has 2 heterocycles. The lowest BCUT2D eigenvalue weighted by Crippen LogP contribution is -2.55. The maximum absolute atomic E-state index is 13.1. The van der Waals surface area contributed by atoms with Gasteiger partial charge in [0.25, 0.3) is 0 Å². The van der Waals surface area contributed by atoms with Gasteiger partial charge in [0.15, 0.2) is 0 Å². The second-order valence-corrected chi connectivity index (χ2v) is 12.0. The molecule has 1 aromatic carbocycles. The van der Waals surface area contributed by atoms with Crippen LogP contribution < -0.4 is 13.8 Å². The van der Waals surface area contributed by atoms with Crippen LogP contribution in [-0.4, -0.2) is 78.9 Å². The van der Waals surface area contributed by atoms with Crippen LogP contribution in [0.2, 0.25) is 0 Å². The zero-order chi connectivity index (χ0) is 23.0. The molecule has 0 spiro atoms. The van der Waals surface area contributed by atoms with Crippen molar-refractivity contribution in [1.82, 2.24) is 9.62 Å². The number of amides is 1. The quantitative estimate of drug-likeness (QED) is 0.601. The number of ether oxygens (including phenoxy) is 2. The van der Waals surface area contributed by atoms with Crippen molar-refractivity contribution in [3.63, 3.8) is 0 Å². The maximum Gasteiger partial charge on any atom is 0.244 e. The van der Waals surface area contributed by atoms with Crippen LogP contribution in [0.4, 0.5) is 5.69 Å². The number of morpholine rings is 1. The molecule has 2 fully saturated rings. The normalized spacial score (nSPS) is 22.6. The third kappa shape index (κ3) is 4.87. The average molecular weight is 476 g/mol. The number of methoxy groups -OCH3 is 1. The van der Waals surface area contributed by atoms with E-state index in [1.807, 2.05) is 13.8 Å². The molecule has 0 radical (unpaired) electrons. The van der Waals surface area contributed by atoms with Crippen molar-refractivity contribution < 1.29 is 31.1 Å². The molecule has 2 aliphatic rings. The number of nitrogens with one attached hydrogen (secondary N) is 1. The van der Waals surface area contributed by atoms with Crippen LogP contribution in [0.25, 0.3) is 0 Å². The van der Waals surface area contributed by atoms with E-state index in [-0.39, 0.29) is 28.6 Å². The third-order valence-electron chi connectivity index (χ3n) is 5.59. The average Bonchev–Trinajstić information content (AvgIpc) is 2.93. The van der Waals surface area contributed by atoms with Gasteiger partial charge in [-0.2, -0.15) is 0 Å². The summed E-state index contributed by atoms with van der Waals surface area (Å²) in [7, 11) is -6.60. The number of benzene rings is 1. The number of nitrogens with zero attached hydrogens (tertiary/aromatic N) is 2. The van der Waals surface area contributed by atoms with E-state index in [1.165, 1.54) is 26.2 Å². The van der Waals surface area contributed by atoms with Gasteiger partial charge in [-0.15, -0.1) is 0 Å². The van der Waals surface area contributed by atoms with Crippen molar-refractivity contribution in [3.05, 3.63) is 18.2 Å². The number of anilines is 1. The molecule has 10 nitrogen and oxygen atoms in total. The smallest absolute Gasteiger partial charge is 0.244 e. The molecular weight excluding hydrogens is 446 g/mol. The minimum Gasteiger partial charge on any atom is -0.495 e. The number of sulfonamides is 2. The summed E-state index contributed by atoms with van der Waals surface area (Å²) in [6, 6.07) is 3.88. The first-order valence-corrected chi connectivity index (χ1v) is 13.1. The Morgan fingerprint density at radius 2 is 1.90 bits per heavy atom. The highest BCUT2D eigenvalue weighted by Gasteiger charge is 2.42. The molecule has 0 bridgehead atoms. The fourth-order valence-electron chi connectivity index (χ4n) is 3.72. The Labute approximate surface area is 183 Å². The van der Waals surface area contributed by atoms with Gasteiger partial charge in [-0.25, -0.2) is 25.9 Å². The Morgan fingerprint density at radius 3 is 2.45 bits per heavy atom. The topological polar surface area (TPSA) is 122 Å². The van der Waals surface area contributed by atoms with Crippen LogP contribution in [0.3, 0.4) is 0 Å². The number of carbonyl (C=O) groups excluding carboxylic acids is 1. The number of hydrogen-bond acceptors (Lipinski definition) is 8. The molecule has 12 heteroatoms. The van der Waals surface area contributed by atoms with Gasteiger partial charge in [-0.3, -0.25) is 9.69 Å². The summed E-state index contributed by atoms with van der Waals surface area (Å²) in [5.41, 5.74) is -0.492. The molecule has 0 aromatic heterocycles. The summed E-state index contributed by atoms with van der Waals surface area (Å²) in [6.07, 6.45) is 0. The molecule has 1 aromatic rings. The van der Waals surface area contributed by atoms with Crippen LogP contribution in [0.15, 0.2) is 23.1 Å². The van der Waals surface area contributed by atoms with Gasteiger partial charge in [-0.05, 0) is 32.0 Å². The second-order valence-electron chi connectivity index (χ2n) is 8.35. The van der Waals surface area contributed by atoms with E-state index in [0.29, 0.717) is 30.6 Å². The van der Waals surface area contributed by atoms with Crippen molar-refractivity contribution in [2.45, 2.75) is 31.2 Å². The first kappa shape index (κ1) is 23.9. The summed E-state index contributed by atoms with van der Waals surface area (Å²) in [6.45, 7) is 8.08.